The number of nitrogens with zero attached hydrogens (tertiary/aromatic N) is 3. The van der Waals surface area contributed by atoms with Crippen molar-refractivity contribution in [3.8, 4) is 0 Å². The molecule has 0 aromatic carbocycles. The van der Waals surface area contributed by atoms with Gasteiger partial charge in [0.1, 0.15) is 0 Å². The summed E-state index contributed by atoms with van der Waals surface area (Å²) < 4.78 is 5.07. The zero-order valence-corrected chi connectivity index (χ0v) is 13.0. The first-order valence-corrected chi connectivity index (χ1v) is 8.07. The van der Waals surface area contributed by atoms with Gasteiger partial charge in [-0.25, -0.2) is 0 Å². The first-order valence-electron chi connectivity index (χ1n) is 8.07. The summed E-state index contributed by atoms with van der Waals surface area (Å²) in [5, 5.41) is 14.3. The average molecular weight is 305 g/mol. The van der Waals surface area contributed by atoms with Gasteiger partial charge in [0.25, 0.3) is 5.89 Å². The summed E-state index contributed by atoms with van der Waals surface area (Å²) in [5.41, 5.74) is -1.21. The molecule has 6 heteroatoms. The summed E-state index contributed by atoms with van der Waals surface area (Å²) in [4.78, 5) is 18.0. The van der Waals surface area contributed by atoms with Crippen LogP contribution in [0.25, 0.3) is 0 Å². The number of hydrogen-bond donors (Lipinski definition) is 1. The molecule has 1 amide bonds. The highest BCUT2D eigenvalue weighted by Crippen LogP contribution is 2.31. The number of aryl methyl sites for hydroxylation is 1. The smallest absolute Gasteiger partial charge is 0.260 e. The van der Waals surface area contributed by atoms with Crippen LogP contribution in [0.15, 0.2) is 16.7 Å². The van der Waals surface area contributed by atoms with Gasteiger partial charge in [-0.1, -0.05) is 30.5 Å². The molecule has 1 aliphatic heterocycles. The molecule has 2 heterocycles. The molecule has 1 aliphatic carbocycles. The van der Waals surface area contributed by atoms with E-state index in [1.807, 2.05) is 6.08 Å². The summed E-state index contributed by atoms with van der Waals surface area (Å²) in [6, 6.07) is 0. The van der Waals surface area contributed by atoms with Gasteiger partial charge in [0.15, 0.2) is 11.4 Å². The summed E-state index contributed by atoms with van der Waals surface area (Å²) in [6.07, 6.45) is 10.3. The maximum atomic E-state index is 12.3. The number of likely N-dealkylation sites (tertiary alicyclic amines) is 1. The molecule has 1 atom stereocenters. The lowest BCUT2D eigenvalue weighted by molar-refractivity contribution is -0.126. The van der Waals surface area contributed by atoms with Gasteiger partial charge in [-0.2, -0.15) is 4.98 Å². The number of allylic oxidation sites excluding steroid dienone is 1. The highest BCUT2D eigenvalue weighted by atomic mass is 16.5. The number of carbonyl (C=O) groups is 1. The fraction of sp³-hybridized carbons (Fsp3) is 0.688. The zero-order valence-electron chi connectivity index (χ0n) is 13.0. The number of aliphatic hydroxyl groups is 1. The quantitative estimate of drug-likeness (QED) is 0.863. The van der Waals surface area contributed by atoms with Crippen molar-refractivity contribution >= 4 is 5.91 Å². The Morgan fingerprint density at radius 1 is 1.41 bits per heavy atom. The maximum Gasteiger partial charge on any atom is 0.260 e. The van der Waals surface area contributed by atoms with Gasteiger partial charge in [-0.15, -0.1) is 0 Å². The molecule has 0 radical (unpaired) electrons. The molecular weight excluding hydrogens is 282 g/mol. The van der Waals surface area contributed by atoms with E-state index in [9.17, 15) is 9.90 Å². The molecule has 1 aromatic heterocycles. The van der Waals surface area contributed by atoms with Crippen LogP contribution in [0.5, 0.6) is 0 Å². The van der Waals surface area contributed by atoms with Gasteiger partial charge >= 0.3 is 0 Å². The van der Waals surface area contributed by atoms with Gasteiger partial charge in [-0.3, -0.25) is 4.79 Å². The Morgan fingerprint density at radius 2 is 2.18 bits per heavy atom. The molecule has 2 aliphatic rings. The molecule has 6 nitrogen and oxygen atoms in total. The molecule has 2 fully saturated rings. The topological polar surface area (TPSA) is 79.5 Å². The molecule has 1 aromatic rings. The zero-order chi connectivity index (χ0) is 15.6. The molecule has 0 spiro atoms. The fourth-order valence-corrected chi connectivity index (χ4v) is 3.29. The number of β-amino-alcohol motifs (C(OH)–C–C–N with tert-alkyl or cyclic N) is 1. The third kappa shape index (κ3) is 3.21. The third-order valence-corrected chi connectivity index (χ3v) is 4.65. The van der Waals surface area contributed by atoms with Crippen molar-refractivity contribution in [3.63, 3.8) is 0 Å². The van der Waals surface area contributed by atoms with E-state index in [0.717, 1.165) is 0 Å². The Hall–Kier alpha value is -1.69. The van der Waals surface area contributed by atoms with E-state index in [-0.39, 0.29) is 18.3 Å². The summed E-state index contributed by atoms with van der Waals surface area (Å²) in [7, 11) is 0. The SMILES string of the molecule is Cc1noc(C2(O)CCN(C(=O)C=CC3CCCCC3)C2)n1. The number of carbonyl (C=O) groups excluding carboxylic acids is 1. The molecule has 22 heavy (non-hydrogen) atoms. The second-order valence-corrected chi connectivity index (χ2v) is 6.45. The van der Waals surface area contributed by atoms with Crippen LogP contribution < -0.4 is 0 Å². The standard InChI is InChI=1S/C16H23N3O3/c1-12-17-15(22-18-12)16(21)9-10-19(11-16)14(20)8-7-13-5-3-2-4-6-13/h7-8,13,21H,2-6,9-11H2,1H3. The average Bonchev–Trinajstić information content (AvgIpc) is 3.13. The normalized spacial score (nSPS) is 26.9. The maximum absolute atomic E-state index is 12.3. The summed E-state index contributed by atoms with van der Waals surface area (Å²) in [5.74, 6) is 1.18. The van der Waals surface area contributed by atoms with E-state index >= 15 is 0 Å². The van der Waals surface area contributed by atoms with E-state index in [4.69, 9.17) is 4.52 Å². The van der Waals surface area contributed by atoms with Crippen LogP contribution in [-0.2, 0) is 10.4 Å². The summed E-state index contributed by atoms with van der Waals surface area (Å²) in [6.45, 7) is 2.43. The van der Waals surface area contributed by atoms with Crippen molar-refractivity contribution in [2.75, 3.05) is 13.1 Å². The molecule has 1 saturated heterocycles. The predicted molar refractivity (Wildman–Crippen MR) is 79.8 cm³/mol. The molecule has 0 bridgehead atoms. The van der Waals surface area contributed by atoms with E-state index in [1.165, 1.54) is 32.1 Å². The van der Waals surface area contributed by atoms with Crippen molar-refractivity contribution in [1.29, 1.82) is 0 Å². The number of amides is 1. The first-order chi connectivity index (χ1) is 10.6. The lowest BCUT2D eigenvalue weighted by Gasteiger charge is -2.20. The van der Waals surface area contributed by atoms with Gasteiger partial charge in [0, 0.05) is 13.0 Å². The molecule has 1 unspecified atom stereocenters. The van der Waals surface area contributed by atoms with Gasteiger partial charge in [0.2, 0.25) is 5.91 Å². The van der Waals surface area contributed by atoms with Gasteiger partial charge < -0.3 is 14.5 Å². The van der Waals surface area contributed by atoms with Crippen molar-refractivity contribution in [2.45, 2.75) is 51.0 Å². The van der Waals surface area contributed by atoms with Crippen LogP contribution in [0.2, 0.25) is 0 Å². The van der Waals surface area contributed by atoms with Crippen LogP contribution in [0.1, 0.15) is 50.2 Å². The van der Waals surface area contributed by atoms with Crippen LogP contribution in [0.3, 0.4) is 0 Å². The number of rotatable bonds is 3. The summed E-state index contributed by atoms with van der Waals surface area (Å²) >= 11 is 0. The Kier molecular flexibility index (Phi) is 4.29. The van der Waals surface area contributed by atoms with Crippen LogP contribution in [0.4, 0.5) is 0 Å². The van der Waals surface area contributed by atoms with Gasteiger partial charge in [0.05, 0.1) is 6.54 Å². The lowest BCUT2D eigenvalue weighted by atomic mass is 9.89. The minimum atomic E-state index is -1.21. The fourth-order valence-electron chi connectivity index (χ4n) is 3.29. The highest BCUT2D eigenvalue weighted by molar-refractivity contribution is 5.87. The van der Waals surface area contributed by atoms with E-state index in [2.05, 4.69) is 10.1 Å². The molecule has 1 saturated carbocycles. The third-order valence-electron chi connectivity index (χ3n) is 4.65. The Balaban J connectivity index is 1.59. The van der Waals surface area contributed by atoms with Crippen molar-refractivity contribution in [3.05, 3.63) is 23.9 Å². The Bertz CT molecular complexity index is 563. The highest BCUT2D eigenvalue weighted by Gasteiger charge is 2.43. The van der Waals surface area contributed by atoms with E-state index < -0.39 is 5.60 Å². The number of hydrogen-bond acceptors (Lipinski definition) is 5. The molecule has 1 N–H and O–H groups in total. The van der Waals surface area contributed by atoms with Crippen LogP contribution >= 0.6 is 0 Å². The van der Waals surface area contributed by atoms with E-state index in [1.54, 1.807) is 17.9 Å². The van der Waals surface area contributed by atoms with Crippen LogP contribution in [-0.4, -0.2) is 39.1 Å². The minimum absolute atomic E-state index is 0.0438. The Labute approximate surface area is 130 Å². The molecule has 120 valence electrons. The monoisotopic (exact) mass is 305 g/mol. The lowest BCUT2D eigenvalue weighted by Crippen LogP contribution is -2.33. The van der Waals surface area contributed by atoms with Crippen molar-refractivity contribution < 1.29 is 14.4 Å². The van der Waals surface area contributed by atoms with Crippen LogP contribution in [0, 0.1) is 12.8 Å². The largest absolute Gasteiger partial charge is 0.378 e. The first kappa shape index (κ1) is 15.2. The van der Waals surface area contributed by atoms with Crippen molar-refractivity contribution in [2.24, 2.45) is 5.92 Å². The predicted octanol–water partition coefficient (Wildman–Crippen LogP) is 1.93. The van der Waals surface area contributed by atoms with Gasteiger partial charge in [-0.05, 0) is 31.8 Å². The molecular formula is C16H23N3O3. The minimum Gasteiger partial charge on any atom is -0.378 e. The number of aromatic nitrogens is 2. The second kappa shape index (κ2) is 6.20. The molecule has 3 rings (SSSR count). The van der Waals surface area contributed by atoms with E-state index in [0.29, 0.717) is 24.7 Å². The van der Waals surface area contributed by atoms with Crippen molar-refractivity contribution in [1.82, 2.24) is 15.0 Å². The Morgan fingerprint density at radius 3 is 2.86 bits per heavy atom. The second-order valence-electron chi connectivity index (χ2n) is 6.45.